The molecule has 0 amide bonds. The molecule has 1 N–H and O–H groups in total. The molecule has 2 aliphatic rings. The molecule has 3 atom stereocenters. The summed E-state index contributed by atoms with van der Waals surface area (Å²) in [7, 11) is -1.68. The van der Waals surface area contributed by atoms with Gasteiger partial charge in [0.15, 0.2) is 14.6 Å². The lowest BCUT2D eigenvalue weighted by atomic mass is 10.2. The van der Waals surface area contributed by atoms with Gasteiger partial charge in [-0.05, 0) is 43.8 Å². The molecule has 0 saturated carbocycles. The summed E-state index contributed by atoms with van der Waals surface area (Å²) in [4.78, 5) is 0. The van der Waals surface area contributed by atoms with E-state index < -0.39 is 8.32 Å². The molecule has 0 spiro atoms. The molecule has 2 fully saturated rings. The highest BCUT2D eigenvalue weighted by atomic mass is 28.4. The quantitative estimate of drug-likeness (QED) is 0.324. The molecule has 2 heterocycles. The first-order valence-corrected chi connectivity index (χ1v) is 14.6. The number of hydrogen-bond donors (Lipinski definition) is 1. The summed E-state index contributed by atoms with van der Waals surface area (Å²) in [5.41, 5.74) is 0. The van der Waals surface area contributed by atoms with Crippen molar-refractivity contribution in [2.45, 2.75) is 83.0 Å². The summed E-state index contributed by atoms with van der Waals surface area (Å²) in [5, 5.41) is 3.78. The van der Waals surface area contributed by atoms with E-state index in [0.717, 1.165) is 39.0 Å². The molecule has 8 heteroatoms. The second-order valence-electron chi connectivity index (χ2n) is 9.80. The van der Waals surface area contributed by atoms with Gasteiger partial charge < -0.3 is 33.4 Å². The fourth-order valence-electron chi connectivity index (χ4n) is 3.24. The average Bonchev–Trinajstić information content (AvgIpc) is 3.16. The van der Waals surface area contributed by atoms with E-state index >= 15 is 0 Å². The van der Waals surface area contributed by atoms with Gasteiger partial charge in [-0.2, -0.15) is 0 Å². The number of ether oxygens (including phenoxy) is 5. The zero-order chi connectivity index (χ0) is 21.9. The molecule has 1 unspecified atom stereocenters. The summed E-state index contributed by atoms with van der Waals surface area (Å²) in [6.07, 6.45) is 4.52. The predicted molar refractivity (Wildman–Crippen MR) is 120 cm³/mol. The summed E-state index contributed by atoms with van der Waals surface area (Å²) < 4.78 is 34.5. The molecule has 7 nitrogen and oxygen atoms in total. The van der Waals surface area contributed by atoms with Crippen molar-refractivity contribution >= 4 is 8.32 Å². The van der Waals surface area contributed by atoms with E-state index in [2.05, 4.69) is 39.2 Å². The van der Waals surface area contributed by atoms with E-state index in [-0.39, 0.29) is 17.4 Å². The van der Waals surface area contributed by atoms with Crippen molar-refractivity contribution in [1.82, 2.24) is 5.32 Å². The third-order valence-corrected chi connectivity index (χ3v) is 10.8. The van der Waals surface area contributed by atoms with Gasteiger partial charge >= 0.3 is 0 Å². The molecule has 0 aromatic carbocycles. The third kappa shape index (κ3) is 10.0. The first-order chi connectivity index (χ1) is 14.3. The van der Waals surface area contributed by atoms with E-state index in [0.29, 0.717) is 45.7 Å². The van der Waals surface area contributed by atoms with Gasteiger partial charge in [-0.15, -0.1) is 0 Å². The lowest BCUT2D eigenvalue weighted by Gasteiger charge is -2.37. The van der Waals surface area contributed by atoms with Crippen LogP contribution in [-0.2, 0) is 28.1 Å². The van der Waals surface area contributed by atoms with Crippen molar-refractivity contribution in [3.8, 4) is 0 Å². The SMILES string of the molecule is CC(C)(C)[Si](C)(C)OC[C@@H]1C[C@@H](OCCOCCOCCOC2CCCCO2)CN1. The lowest BCUT2D eigenvalue weighted by molar-refractivity contribution is -0.169. The Hall–Kier alpha value is -0.0631. The van der Waals surface area contributed by atoms with Gasteiger partial charge in [0.25, 0.3) is 0 Å². The van der Waals surface area contributed by atoms with Crippen LogP contribution in [0.15, 0.2) is 0 Å². The maximum absolute atomic E-state index is 6.32. The predicted octanol–water partition coefficient (Wildman–Crippen LogP) is 3.33. The van der Waals surface area contributed by atoms with Crippen LogP contribution >= 0.6 is 0 Å². The van der Waals surface area contributed by atoms with Crippen molar-refractivity contribution in [2.75, 3.05) is 59.4 Å². The highest BCUT2D eigenvalue weighted by Gasteiger charge is 2.38. The largest absolute Gasteiger partial charge is 0.415 e. The highest BCUT2D eigenvalue weighted by Crippen LogP contribution is 2.36. The number of hydrogen-bond acceptors (Lipinski definition) is 7. The van der Waals surface area contributed by atoms with Crippen LogP contribution < -0.4 is 5.32 Å². The molecule has 178 valence electrons. The van der Waals surface area contributed by atoms with Crippen LogP contribution in [0.5, 0.6) is 0 Å². The van der Waals surface area contributed by atoms with Crippen molar-refractivity contribution in [3.05, 3.63) is 0 Å². The van der Waals surface area contributed by atoms with Gasteiger partial charge in [-0.3, -0.25) is 0 Å². The zero-order valence-corrected chi connectivity index (χ0v) is 20.9. The van der Waals surface area contributed by atoms with Crippen molar-refractivity contribution < 1.29 is 28.1 Å². The van der Waals surface area contributed by atoms with Crippen LogP contribution in [0.2, 0.25) is 18.1 Å². The molecule has 2 rings (SSSR count). The summed E-state index contributed by atoms with van der Waals surface area (Å²) in [5.74, 6) is 0. The fraction of sp³-hybridized carbons (Fsp3) is 1.00. The van der Waals surface area contributed by atoms with Crippen LogP contribution in [0.4, 0.5) is 0 Å². The Labute approximate surface area is 184 Å². The van der Waals surface area contributed by atoms with Crippen LogP contribution in [0, 0.1) is 0 Å². The zero-order valence-electron chi connectivity index (χ0n) is 19.9. The molecule has 30 heavy (non-hydrogen) atoms. The Morgan fingerprint density at radius 2 is 1.60 bits per heavy atom. The van der Waals surface area contributed by atoms with E-state index in [1.165, 1.54) is 6.42 Å². The molecule has 0 aromatic rings. The second kappa shape index (κ2) is 13.5. The molecule has 2 saturated heterocycles. The Balaban J connectivity index is 1.38. The van der Waals surface area contributed by atoms with Gasteiger partial charge in [-0.25, -0.2) is 0 Å². The van der Waals surface area contributed by atoms with Crippen LogP contribution in [0.1, 0.15) is 46.5 Å². The van der Waals surface area contributed by atoms with E-state index in [4.69, 9.17) is 28.1 Å². The minimum Gasteiger partial charge on any atom is -0.415 e. The van der Waals surface area contributed by atoms with Crippen LogP contribution in [-0.4, -0.2) is 86.2 Å². The summed E-state index contributed by atoms with van der Waals surface area (Å²) >= 11 is 0. The molecule has 0 radical (unpaired) electrons. The monoisotopic (exact) mass is 447 g/mol. The smallest absolute Gasteiger partial charge is 0.192 e. The van der Waals surface area contributed by atoms with Gasteiger partial charge in [0.05, 0.1) is 45.7 Å². The second-order valence-corrected chi connectivity index (χ2v) is 14.6. The number of nitrogens with one attached hydrogen (secondary N) is 1. The van der Waals surface area contributed by atoms with E-state index in [1.54, 1.807) is 0 Å². The van der Waals surface area contributed by atoms with Gasteiger partial charge in [0, 0.05) is 25.8 Å². The Bertz CT molecular complexity index is 453. The maximum Gasteiger partial charge on any atom is 0.192 e. The normalized spacial score (nSPS) is 25.7. The Morgan fingerprint density at radius 3 is 2.23 bits per heavy atom. The molecule has 0 bridgehead atoms. The first kappa shape index (κ1) is 26.2. The van der Waals surface area contributed by atoms with Crippen molar-refractivity contribution in [3.63, 3.8) is 0 Å². The van der Waals surface area contributed by atoms with E-state index in [1.807, 2.05) is 0 Å². The maximum atomic E-state index is 6.32. The van der Waals surface area contributed by atoms with Crippen LogP contribution in [0.25, 0.3) is 0 Å². The molecule has 2 aliphatic heterocycles. The number of rotatable bonds is 14. The average molecular weight is 448 g/mol. The van der Waals surface area contributed by atoms with Crippen LogP contribution in [0.3, 0.4) is 0 Å². The molecular weight excluding hydrogens is 402 g/mol. The topological polar surface area (TPSA) is 67.4 Å². The van der Waals surface area contributed by atoms with Gasteiger partial charge in [-0.1, -0.05) is 20.8 Å². The third-order valence-electron chi connectivity index (χ3n) is 6.26. The molecular formula is C22H45NO6Si. The summed E-state index contributed by atoms with van der Waals surface area (Å²) in [6.45, 7) is 17.4. The Kier molecular flexibility index (Phi) is 11.8. The molecule has 0 aromatic heterocycles. The van der Waals surface area contributed by atoms with Gasteiger partial charge in [0.1, 0.15) is 0 Å². The highest BCUT2D eigenvalue weighted by molar-refractivity contribution is 6.74. The van der Waals surface area contributed by atoms with Crippen molar-refractivity contribution in [2.24, 2.45) is 0 Å². The minimum absolute atomic E-state index is 0.0426. The first-order valence-electron chi connectivity index (χ1n) is 11.7. The van der Waals surface area contributed by atoms with E-state index in [9.17, 15) is 0 Å². The molecule has 0 aliphatic carbocycles. The standard InChI is InChI=1S/C22H45NO6Si/c1-22(2,3)30(4,5)29-18-19-16-20(17-23-19)26-14-12-24-10-11-25-13-15-28-21-8-6-7-9-27-21/h19-21,23H,6-18H2,1-5H3/t19-,20+,21?/m0/s1. The lowest BCUT2D eigenvalue weighted by Crippen LogP contribution is -2.43. The van der Waals surface area contributed by atoms with Gasteiger partial charge in [0.2, 0.25) is 0 Å². The fourth-order valence-corrected chi connectivity index (χ4v) is 4.29. The summed E-state index contributed by atoms with van der Waals surface area (Å²) in [6, 6.07) is 0.389. The van der Waals surface area contributed by atoms with Crippen molar-refractivity contribution in [1.29, 1.82) is 0 Å². The Morgan fingerprint density at radius 1 is 0.933 bits per heavy atom. The minimum atomic E-state index is -1.68.